The predicted molar refractivity (Wildman–Crippen MR) is 112 cm³/mol. The molecular weight excluding hydrogens is 335 g/mol. The van der Waals surface area contributed by atoms with Crippen molar-refractivity contribution in [3.8, 4) is 0 Å². The van der Waals surface area contributed by atoms with E-state index >= 15 is 0 Å². The lowest BCUT2D eigenvalue weighted by molar-refractivity contribution is 0.241. The predicted octanol–water partition coefficient (Wildman–Crippen LogP) is 6.13. The van der Waals surface area contributed by atoms with Crippen molar-refractivity contribution in [3.05, 3.63) is 71.7 Å². The van der Waals surface area contributed by atoms with E-state index in [0.717, 1.165) is 18.5 Å². The first-order valence-corrected chi connectivity index (χ1v) is 9.70. The van der Waals surface area contributed by atoms with Crippen LogP contribution >= 0.6 is 0 Å². The van der Waals surface area contributed by atoms with E-state index in [1.165, 1.54) is 17.0 Å². The molecule has 144 valence electrons. The smallest absolute Gasteiger partial charge is 0.128 e. The zero-order valence-corrected chi connectivity index (χ0v) is 17.1. The van der Waals surface area contributed by atoms with Gasteiger partial charge in [-0.3, -0.25) is 0 Å². The highest BCUT2D eigenvalue weighted by Gasteiger charge is 2.25. The quantitative estimate of drug-likeness (QED) is 0.555. The third-order valence-corrected chi connectivity index (χ3v) is 4.90. The van der Waals surface area contributed by atoms with Crippen LogP contribution < -0.4 is 5.32 Å². The van der Waals surface area contributed by atoms with Crippen LogP contribution in [0.2, 0.25) is 0 Å². The average molecular weight is 367 g/mol. The first kappa shape index (κ1) is 19.6. The number of hydrogen-bond donors (Lipinski definition) is 1. The monoisotopic (exact) mass is 366 g/mol. The molecule has 0 radical (unpaired) electrons. The van der Waals surface area contributed by atoms with Crippen molar-refractivity contribution in [2.45, 2.75) is 59.7 Å². The van der Waals surface area contributed by atoms with Gasteiger partial charge >= 0.3 is 0 Å². The number of nitrogens with one attached hydrogen (secondary N) is 1. The van der Waals surface area contributed by atoms with Crippen LogP contribution in [0.3, 0.4) is 0 Å². The minimum atomic E-state index is -0.152. The Labute approximate surface area is 162 Å². The number of hydrogen-bond acceptors (Lipinski definition) is 1. The Balaban J connectivity index is 1.86. The van der Waals surface area contributed by atoms with Crippen molar-refractivity contribution < 1.29 is 4.39 Å². The SMILES string of the molecule is CC(C)(C)CC(C)(C)NCc1cn(Cc2ccccc2F)c2ccccc12. The third-order valence-electron chi connectivity index (χ3n) is 4.90. The van der Waals surface area contributed by atoms with E-state index in [1.54, 1.807) is 6.07 Å². The molecule has 3 heteroatoms. The number of benzene rings is 2. The molecule has 0 bridgehead atoms. The standard InChI is InChI=1S/C24H31FN2/c1-23(2,3)17-24(4,5)26-14-19-16-27(22-13-9-7-11-20(19)22)15-18-10-6-8-12-21(18)25/h6-13,16,26H,14-15,17H2,1-5H3. The Bertz CT molecular complexity index is 916. The highest BCUT2D eigenvalue weighted by atomic mass is 19.1. The van der Waals surface area contributed by atoms with Gasteiger partial charge in [0.25, 0.3) is 0 Å². The molecule has 1 heterocycles. The molecule has 3 rings (SSSR count). The van der Waals surface area contributed by atoms with Gasteiger partial charge in [0.1, 0.15) is 5.82 Å². The van der Waals surface area contributed by atoms with Gasteiger partial charge in [-0.25, -0.2) is 4.39 Å². The van der Waals surface area contributed by atoms with Crippen LogP contribution in [0.4, 0.5) is 4.39 Å². The summed E-state index contributed by atoms with van der Waals surface area (Å²) >= 11 is 0. The van der Waals surface area contributed by atoms with Crippen molar-refractivity contribution in [1.29, 1.82) is 0 Å². The summed E-state index contributed by atoms with van der Waals surface area (Å²) in [5, 5.41) is 4.95. The molecule has 1 aromatic heterocycles. The lowest BCUT2D eigenvalue weighted by Gasteiger charge is -2.33. The Morgan fingerprint density at radius 3 is 2.26 bits per heavy atom. The summed E-state index contributed by atoms with van der Waals surface area (Å²) in [5.74, 6) is -0.152. The van der Waals surface area contributed by atoms with Crippen LogP contribution in [0, 0.1) is 11.2 Å². The van der Waals surface area contributed by atoms with Gasteiger partial charge in [0.05, 0.1) is 6.54 Å². The lowest BCUT2D eigenvalue weighted by Crippen LogP contribution is -2.41. The second-order valence-corrected chi connectivity index (χ2v) is 9.37. The topological polar surface area (TPSA) is 17.0 Å². The summed E-state index contributed by atoms with van der Waals surface area (Å²) in [6.07, 6.45) is 3.26. The maximum absolute atomic E-state index is 14.1. The van der Waals surface area contributed by atoms with Gasteiger partial charge in [0, 0.05) is 34.7 Å². The normalized spacial score (nSPS) is 12.7. The molecule has 0 atom stereocenters. The third kappa shape index (κ3) is 4.98. The minimum absolute atomic E-state index is 0.0486. The van der Waals surface area contributed by atoms with Gasteiger partial charge in [0.2, 0.25) is 0 Å². The van der Waals surface area contributed by atoms with Gasteiger partial charge < -0.3 is 9.88 Å². The van der Waals surface area contributed by atoms with Crippen LogP contribution in [-0.2, 0) is 13.1 Å². The molecule has 2 aromatic carbocycles. The van der Waals surface area contributed by atoms with Crippen LogP contribution in [-0.4, -0.2) is 10.1 Å². The molecule has 0 aliphatic rings. The second kappa shape index (κ2) is 7.47. The molecule has 0 aliphatic heterocycles. The van der Waals surface area contributed by atoms with Crippen LogP contribution in [0.25, 0.3) is 10.9 Å². The number of halogens is 1. The van der Waals surface area contributed by atoms with E-state index in [0.29, 0.717) is 12.1 Å². The summed E-state index contributed by atoms with van der Waals surface area (Å²) in [4.78, 5) is 0. The molecule has 3 aromatic rings. The van der Waals surface area contributed by atoms with Crippen molar-refractivity contribution in [3.63, 3.8) is 0 Å². The molecule has 0 spiro atoms. The Kier molecular flexibility index (Phi) is 5.43. The number of aromatic nitrogens is 1. The molecule has 0 aliphatic carbocycles. The Hall–Kier alpha value is -2.13. The fourth-order valence-electron chi connectivity index (χ4n) is 4.13. The molecule has 2 nitrogen and oxygen atoms in total. The molecule has 0 saturated heterocycles. The summed E-state index contributed by atoms with van der Waals surface area (Å²) < 4.78 is 16.3. The number of nitrogens with zero attached hydrogens (tertiary/aromatic N) is 1. The van der Waals surface area contributed by atoms with Crippen molar-refractivity contribution >= 4 is 10.9 Å². The van der Waals surface area contributed by atoms with E-state index in [9.17, 15) is 4.39 Å². The van der Waals surface area contributed by atoms with E-state index < -0.39 is 0 Å². The molecule has 0 unspecified atom stereocenters. The summed E-state index contributed by atoms with van der Waals surface area (Å²) in [7, 11) is 0. The minimum Gasteiger partial charge on any atom is -0.343 e. The molecule has 0 saturated carbocycles. The summed E-state index contributed by atoms with van der Waals surface area (Å²) in [6, 6.07) is 15.4. The first-order valence-electron chi connectivity index (χ1n) is 9.70. The highest BCUT2D eigenvalue weighted by Crippen LogP contribution is 2.28. The fourth-order valence-corrected chi connectivity index (χ4v) is 4.13. The largest absolute Gasteiger partial charge is 0.343 e. The second-order valence-electron chi connectivity index (χ2n) is 9.37. The van der Waals surface area contributed by atoms with Gasteiger partial charge in [0.15, 0.2) is 0 Å². The summed E-state index contributed by atoms with van der Waals surface area (Å²) in [5.41, 5.74) is 3.43. The van der Waals surface area contributed by atoms with E-state index in [2.05, 4.69) is 68.9 Å². The average Bonchev–Trinajstić information content (AvgIpc) is 2.91. The van der Waals surface area contributed by atoms with Gasteiger partial charge in [-0.2, -0.15) is 0 Å². The van der Waals surface area contributed by atoms with Crippen LogP contribution in [0.1, 0.15) is 52.2 Å². The van der Waals surface area contributed by atoms with Crippen molar-refractivity contribution in [2.75, 3.05) is 0 Å². The Morgan fingerprint density at radius 2 is 1.56 bits per heavy atom. The van der Waals surface area contributed by atoms with Gasteiger partial charge in [-0.1, -0.05) is 57.2 Å². The maximum atomic E-state index is 14.1. The van der Waals surface area contributed by atoms with Gasteiger partial charge in [-0.05, 0) is 43.4 Å². The summed E-state index contributed by atoms with van der Waals surface area (Å²) in [6.45, 7) is 12.7. The van der Waals surface area contributed by atoms with E-state index in [1.807, 2.05) is 18.2 Å². The molecule has 1 N–H and O–H groups in total. The van der Waals surface area contributed by atoms with Gasteiger partial charge in [-0.15, -0.1) is 0 Å². The number of fused-ring (bicyclic) bond motifs is 1. The maximum Gasteiger partial charge on any atom is 0.128 e. The molecule has 0 amide bonds. The molecular formula is C24H31FN2. The first-order chi connectivity index (χ1) is 12.6. The number of rotatable bonds is 6. The van der Waals surface area contributed by atoms with Crippen LogP contribution in [0.5, 0.6) is 0 Å². The van der Waals surface area contributed by atoms with Crippen LogP contribution in [0.15, 0.2) is 54.7 Å². The Morgan fingerprint density at radius 1 is 0.889 bits per heavy atom. The van der Waals surface area contributed by atoms with E-state index in [-0.39, 0.29) is 16.8 Å². The van der Waals surface area contributed by atoms with Crippen molar-refractivity contribution in [1.82, 2.24) is 9.88 Å². The van der Waals surface area contributed by atoms with Crippen molar-refractivity contribution in [2.24, 2.45) is 5.41 Å². The lowest BCUT2D eigenvalue weighted by atomic mass is 9.82. The molecule has 0 fully saturated rings. The zero-order chi connectivity index (χ0) is 19.7. The van der Waals surface area contributed by atoms with E-state index in [4.69, 9.17) is 0 Å². The molecule has 27 heavy (non-hydrogen) atoms. The number of para-hydroxylation sites is 1. The fraction of sp³-hybridized carbons (Fsp3) is 0.417. The highest BCUT2D eigenvalue weighted by molar-refractivity contribution is 5.84. The zero-order valence-electron chi connectivity index (χ0n) is 17.1.